The Hall–Kier alpha value is -0.460. The van der Waals surface area contributed by atoms with Crippen molar-refractivity contribution >= 4 is 16.8 Å². The van der Waals surface area contributed by atoms with Crippen LogP contribution in [-0.4, -0.2) is 64.9 Å². The van der Waals surface area contributed by atoms with E-state index in [4.69, 9.17) is 4.74 Å². The van der Waals surface area contributed by atoms with Crippen LogP contribution < -0.4 is 5.32 Å². The molecule has 1 aliphatic heterocycles. The van der Waals surface area contributed by atoms with E-state index in [1.165, 1.54) is 0 Å². The van der Waals surface area contributed by atoms with Gasteiger partial charge in [-0.3, -0.25) is 9.00 Å². The standard InChI is InChI=1S/C14H28N2O3S/c1-4-7-15-14(3,13(17)19-5-2)6-8-16-9-11-20(18)12-10-16/h15H,4-12H2,1-3H3. The van der Waals surface area contributed by atoms with E-state index in [-0.39, 0.29) is 5.97 Å². The molecule has 1 heterocycles. The highest BCUT2D eigenvalue weighted by molar-refractivity contribution is 7.85. The van der Waals surface area contributed by atoms with Gasteiger partial charge in [0.2, 0.25) is 0 Å². The third kappa shape index (κ3) is 5.50. The van der Waals surface area contributed by atoms with Gasteiger partial charge in [0, 0.05) is 41.9 Å². The molecule has 1 aliphatic rings. The third-order valence-electron chi connectivity index (χ3n) is 3.69. The van der Waals surface area contributed by atoms with E-state index in [2.05, 4.69) is 17.1 Å². The molecule has 0 aromatic heterocycles. The summed E-state index contributed by atoms with van der Waals surface area (Å²) in [4.78, 5) is 14.4. The molecule has 0 aromatic carbocycles. The van der Waals surface area contributed by atoms with Crippen LogP contribution in [0, 0.1) is 0 Å². The van der Waals surface area contributed by atoms with Crippen LogP contribution in [0.4, 0.5) is 0 Å². The Morgan fingerprint density at radius 3 is 2.55 bits per heavy atom. The quantitative estimate of drug-likeness (QED) is 0.671. The summed E-state index contributed by atoms with van der Waals surface area (Å²) in [5.74, 6) is 1.32. The van der Waals surface area contributed by atoms with E-state index in [9.17, 15) is 9.00 Å². The molecule has 1 fully saturated rings. The number of nitrogens with one attached hydrogen (secondary N) is 1. The minimum Gasteiger partial charge on any atom is -0.465 e. The predicted molar refractivity (Wildman–Crippen MR) is 82.3 cm³/mol. The molecule has 0 aromatic rings. The van der Waals surface area contributed by atoms with Gasteiger partial charge in [-0.1, -0.05) is 6.92 Å². The van der Waals surface area contributed by atoms with E-state index < -0.39 is 16.3 Å². The maximum Gasteiger partial charge on any atom is 0.326 e. The first-order valence-corrected chi connectivity index (χ1v) is 9.00. The highest BCUT2D eigenvalue weighted by Gasteiger charge is 2.34. The first kappa shape index (κ1) is 17.6. The normalized spacial score (nSPS) is 20.6. The fourth-order valence-electron chi connectivity index (χ4n) is 2.23. The van der Waals surface area contributed by atoms with Crippen LogP contribution in [0.2, 0.25) is 0 Å². The van der Waals surface area contributed by atoms with Crippen molar-refractivity contribution in [3.63, 3.8) is 0 Å². The second-order valence-electron chi connectivity index (χ2n) is 5.42. The lowest BCUT2D eigenvalue weighted by Gasteiger charge is -2.32. The van der Waals surface area contributed by atoms with Crippen molar-refractivity contribution in [2.45, 2.75) is 39.2 Å². The van der Waals surface area contributed by atoms with Crippen molar-refractivity contribution in [1.29, 1.82) is 0 Å². The second kappa shape index (κ2) is 8.74. The molecule has 6 heteroatoms. The highest BCUT2D eigenvalue weighted by Crippen LogP contribution is 2.14. The first-order valence-electron chi connectivity index (χ1n) is 7.51. The Kier molecular flexibility index (Phi) is 7.69. The Labute approximate surface area is 124 Å². The number of hydrogen-bond donors (Lipinski definition) is 1. The van der Waals surface area contributed by atoms with Gasteiger partial charge in [-0.25, -0.2) is 0 Å². The van der Waals surface area contributed by atoms with Gasteiger partial charge in [-0.05, 0) is 33.2 Å². The van der Waals surface area contributed by atoms with Crippen molar-refractivity contribution < 1.29 is 13.7 Å². The molecule has 0 bridgehead atoms. The average Bonchev–Trinajstić information content (AvgIpc) is 2.45. The number of carbonyl (C=O) groups is 1. The molecule has 0 spiro atoms. The van der Waals surface area contributed by atoms with Crippen LogP contribution in [0.25, 0.3) is 0 Å². The predicted octanol–water partition coefficient (Wildman–Crippen LogP) is 0.762. The number of ether oxygens (including phenoxy) is 1. The van der Waals surface area contributed by atoms with Gasteiger partial charge in [0.25, 0.3) is 0 Å². The molecule has 1 unspecified atom stereocenters. The summed E-state index contributed by atoms with van der Waals surface area (Å²) in [6.07, 6.45) is 1.70. The van der Waals surface area contributed by atoms with Gasteiger partial charge in [0.05, 0.1) is 6.61 Å². The van der Waals surface area contributed by atoms with Crippen LogP contribution in [0.1, 0.15) is 33.6 Å². The maximum absolute atomic E-state index is 12.1. The zero-order chi connectivity index (χ0) is 15.0. The molecule has 0 saturated carbocycles. The zero-order valence-electron chi connectivity index (χ0n) is 12.9. The summed E-state index contributed by atoms with van der Waals surface area (Å²) in [7, 11) is -0.651. The SMILES string of the molecule is CCCNC(C)(CCN1CCS(=O)CC1)C(=O)OCC. The monoisotopic (exact) mass is 304 g/mol. The highest BCUT2D eigenvalue weighted by atomic mass is 32.2. The van der Waals surface area contributed by atoms with Gasteiger partial charge < -0.3 is 15.0 Å². The van der Waals surface area contributed by atoms with Gasteiger partial charge in [-0.2, -0.15) is 0 Å². The molecule has 118 valence electrons. The summed E-state index contributed by atoms with van der Waals surface area (Å²) < 4.78 is 16.5. The number of esters is 1. The Bertz CT molecular complexity index is 328. The topological polar surface area (TPSA) is 58.6 Å². The molecule has 20 heavy (non-hydrogen) atoms. The molecule has 1 saturated heterocycles. The third-order valence-corrected chi connectivity index (χ3v) is 4.97. The Morgan fingerprint density at radius 2 is 2.00 bits per heavy atom. The smallest absolute Gasteiger partial charge is 0.326 e. The lowest BCUT2D eigenvalue weighted by Crippen LogP contribution is -2.53. The average molecular weight is 304 g/mol. The molecule has 5 nitrogen and oxygen atoms in total. The minimum absolute atomic E-state index is 0.172. The summed E-state index contributed by atoms with van der Waals surface area (Å²) in [5, 5.41) is 3.32. The van der Waals surface area contributed by atoms with E-state index in [0.29, 0.717) is 6.61 Å². The summed E-state index contributed by atoms with van der Waals surface area (Å²) in [6, 6.07) is 0. The van der Waals surface area contributed by atoms with Crippen molar-refractivity contribution in [2.24, 2.45) is 0 Å². The van der Waals surface area contributed by atoms with Gasteiger partial charge in [0.15, 0.2) is 0 Å². The fourth-order valence-corrected chi connectivity index (χ4v) is 3.36. The van der Waals surface area contributed by atoms with Crippen molar-refractivity contribution in [3.05, 3.63) is 0 Å². The lowest BCUT2D eigenvalue weighted by atomic mass is 9.97. The molecule has 0 amide bonds. The Balaban J connectivity index is 2.51. The van der Waals surface area contributed by atoms with Crippen LogP contribution in [0.5, 0.6) is 0 Å². The largest absolute Gasteiger partial charge is 0.465 e. The van der Waals surface area contributed by atoms with E-state index in [0.717, 1.165) is 50.5 Å². The summed E-state index contributed by atoms with van der Waals surface area (Å²) in [6.45, 7) is 9.60. The first-order chi connectivity index (χ1) is 9.51. The Morgan fingerprint density at radius 1 is 1.35 bits per heavy atom. The lowest BCUT2D eigenvalue weighted by molar-refractivity contribution is -0.151. The maximum atomic E-state index is 12.1. The van der Waals surface area contributed by atoms with Crippen LogP contribution in [0.15, 0.2) is 0 Å². The number of hydrogen-bond acceptors (Lipinski definition) is 5. The van der Waals surface area contributed by atoms with Crippen LogP contribution >= 0.6 is 0 Å². The number of nitrogens with zero attached hydrogens (tertiary/aromatic N) is 1. The molecule has 1 atom stereocenters. The number of carbonyl (C=O) groups excluding carboxylic acids is 1. The van der Waals surface area contributed by atoms with Crippen LogP contribution in [-0.2, 0) is 20.3 Å². The van der Waals surface area contributed by atoms with Crippen LogP contribution in [0.3, 0.4) is 0 Å². The van der Waals surface area contributed by atoms with Gasteiger partial charge >= 0.3 is 5.97 Å². The summed E-state index contributed by atoms with van der Waals surface area (Å²) in [5.41, 5.74) is -0.622. The molecular formula is C14H28N2O3S. The van der Waals surface area contributed by atoms with E-state index in [1.807, 2.05) is 13.8 Å². The van der Waals surface area contributed by atoms with Crippen molar-refractivity contribution in [3.8, 4) is 0 Å². The van der Waals surface area contributed by atoms with Gasteiger partial charge in [-0.15, -0.1) is 0 Å². The minimum atomic E-state index is -0.651. The number of rotatable bonds is 8. The fraction of sp³-hybridized carbons (Fsp3) is 0.929. The van der Waals surface area contributed by atoms with Gasteiger partial charge in [0.1, 0.15) is 5.54 Å². The zero-order valence-corrected chi connectivity index (χ0v) is 13.8. The summed E-state index contributed by atoms with van der Waals surface area (Å²) >= 11 is 0. The molecular weight excluding hydrogens is 276 g/mol. The molecule has 1 rings (SSSR count). The van der Waals surface area contributed by atoms with Crippen molar-refractivity contribution in [2.75, 3.05) is 44.3 Å². The molecule has 0 radical (unpaired) electrons. The second-order valence-corrected chi connectivity index (χ2v) is 7.12. The molecule has 1 N–H and O–H groups in total. The van der Waals surface area contributed by atoms with E-state index >= 15 is 0 Å². The van der Waals surface area contributed by atoms with Crippen molar-refractivity contribution in [1.82, 2.24) is 10.2 Å². The van der Waals surface area contributed by atoms with E-state index in [1.54, 1.807) is 0 Å². The molecule has 0 aliphatic carbocycles.